The average Bonchev–Trinajstić information content (AvgIpc) is 2.49. The first-order valence-corrected chi connectivity index (χ1v) is 6.75. The molecule has 1 aromatic carbocycles. The van der Waals surface area contributed by atoms with Crippen molar-refractivity contribution in [3.8, 4) is 0 Å². The molecule has 0 saturated heterocycles. The Morgan fingerprint density at radius 1 is 0.842 bits per heavy atom. The molecule has 0 radical (unpaired) electrons. The van der Waals surface area contributed by atoms with Crippen LogP contribution in [-0.2, 0) is 0 Å². The summed E-state index contributed by atoms with van der Waals surface area (Å²) in [6, 6.07) is 13.7. The molecule has 2 heterocycles. The highest BCUT2D eigenvalue weighted by Crippen LogP contribution is 2.08. The summed E-state index contributed by atoms with van der Waals surface area (Å²) in [5.41, 5.74) is 7.58. The van der Waals surface area contributed by atoms with E-state index in [1.807, 2.05) is 42.5 Å². The van der Waals surface area contributed by atoms with Crippen LogP contribution >= 0.6 is 22.6 Å². The van der Waals surface area contributed by atoms with E-state index in [2.05, 4.69) is 48.6 Å². The van der Waals surface area contributed by atoms with Crippen LogP contribution in [0.3, 0.4) is 0 Å². The molecule has 0 amide bonds. The van der Waals surface area contributed by atoms with E-state index in [-0.39, 0.29) is 0 Å². The number of hydrogen-bond donors (Lipinski definition) is 2. The number of rotatable bonds is 2. The Kier molecular flexibility index (Phi) is 3.41. The first-order valence-electron chi connectivity index (χ1n) is 5.68. The average molecular weight is 363 g/mol. The highest BCUT2D eigenvalue weighted by atomic mass is 127. The molecule has 1 aliphatic heterocycles. The molecule has 3 rings (SSSR count). The van der Waals surface area contributed by atoms with Gasteiger partial charge in [-0.25, -0.2) is 0 Å². The third-order valence-corrected chi connectivity index (χ3v) is 3.29. The monoisotopic (exact) mass is 363 g/mol. The Morgan fingerprint density at radius 2 is 1.58 bits per heavy atom. The number of pyridine rings is 1. The summed E-state index contributed by atoms with van der Waals surface area (Å²) in [6.07, 6.45) is 1.72. The van der Waals surface area contributed by atoms with Crippen LogP contribution in [-0.4, -0.2) is 16.7 Å². The molecule has 2 N–H and O–H groups in total. The maximum atomic E-state index is 4.27. The van der Waals surface area contributed by atoms with E-state index in [1.165, 1.54) is 3.57 Å². The summed E-state index contributed by atoms with van der Waals surface area (Å²) in [5.74, 6) is 1.30. The second kappa shape index (κ2) is 5.35. The topological polar surface area (TPSA) is 61.7 Å². The summed E-state index contributed by atoms with van der Waals surface area (Å²) < 4.78 is 1.18. The van der Waals surface area contributed by atoms with Crippen LogP contribution in [0.1, 0.15) is 11.3 Å². The van der Waals surface area contributed by atoms with Gasteiger partial charge in [-0.15, -0.1) is 0 Å². The van der Waals surface area contributed by atoms with Crippen LogP contribution in [0.25, 0.3) is 0 Å². The number of hydrazone groups is 2. The molecule has 1 aromatic heterocycles. The van der Waals surface area contributed by atoms with Crippen molar-refractivity contribution in [3.63, 3.8) is 0 Å². The van der Waals surface area contributed by atoms with Crippen LogP contribution in [0.2, 0.25) is 0 Å². The van der Waals surface area contributed by atoms with Crippen molar-refractivity contribution in [1.29, 1.82) is 0 Å². The highest BCUT2D eigenvalue weighted by Gasteiger charge is 2.11. The van der Waals surface area contributed by atoms with Gasteiger partial charge in [0.05, 0.1) is 0 Å². The SMILES string of the molecule is Ic1ccc(C2=NNC(c3ccccn3)=NN2)cc1. The minimum absolute atomic E-state index is 0.606. The second-order valence-electron chi connectivity index (χ2n) is 3.87. The molecule has 0 fully saturated rings. The molecule has 0 bridgehead atoms. The first-order chi connectivity index (χ1) is 9.33. The van der Waals surface area contributed by atoms with Gasteiger partial charge in [0.25, 0.3) is 0 Å². The minimum Gasteiger partial charge on any atom is -0.257 e. The van der Waals surface area contributed by atoms with Gasteiger partial charge in [-0.2, -0.15) is 10.2 Å². The quantitative estimate of drug-likeness (QED) is 0.802. The molecular formula is C13H10IN5. The number of hydrogen-bond acceptors (Lipinski definition) is 5. The van der Waals surface area contributed by atoms with E-state index in [0.717, 1.165) is 11.3 Å². The van der Waals surface area contributed by atoms with E-state index >= 15 is 0 Å². The van der Waals surface area contributed by atoms with Crippen molar-refractivity contribution in [1.82, 2.24) is 15.8 Å². The van der Waals surface area contributed by atoms with Crippen molar-refractivity contribution in [2.24, 2.45) is 10.2 Å². The maximum absolute atomic E-state index is 4.27. The molecule has 6 heteroatoms. The molecule has 0 saturated carbocycles. The Balaban J connectivity index is 1.78. The van der Waals surface area contributed by atoms with E-state index in [9.17, 15) is 0 Å². The Hall–Kier alpha value is -1.96. The summed E-state index contributed by atoms with van der Waals surface area (Å²) in [5, 5.41) is 8.51. The molecule has 0 atom stereocenters. The normalized spacial score (nSPS) is 13.9. The van der Waals surface area contributed by atoms with Crippen molar-refractivity contribution < 1.29 is 0 Å². The highest BCUT2D eigenvalue weighted by molar-refractivity contribution is 14.1. The predicted octanol–water partition coefficient (Wildman–Crippen LogP) is 1.90. The van der Waals surface area contributed by atoms with Crippen LogP contribution in [0.4, 0.5) is 0 Å². The van der Waals surface area contributed by atoms with Crippen molar-refractivity contribution in [3.05, 3.63) is 63.5 Å². The molecular weight excluding hydrogens is 353 g/mol. The Labute approximate surface area is 124 Å². The zero-order valence-corrected chi connectivity index (χ0v) is 12.0. The first kappa shape index (κ1) is 12.1. The van der Waals surface area contributed by atoms with Crippen molar-refractivity contribution >= 4 is 34.3 Å². The molecule has 0 unspecified atom stereocenters. The van der Waals surface area contributed by atoms with Gasteiger partial charge < -0.3 is 0 Å². The number of nitrogens with one attached hydrogen (secondary N) is 2. The third kappa shape index (κ3) is 2.73. The maximum Gasteiger partial charge on any atom is 0.192 e. The van der Waals surface area contributed by atoms with E-state index in [4.69, 9.17) is 0 Å². The fraction of sp³-hybridized carbons (Fsp3) is 0. The number of aromatic nitrogens is 1. The summed E-state index contributed by atoms with van der Waals surface area (Å²) in [7, 11) is 0. The summed E-state index contributed by atoms with van der Waals surface area (Å²) in [4.78, 5) is 4.21. The predicted molar refractivity (Wildman–Crippen MR) is 82.7 cm³/mol. The molecule has 2 aromatic rings. The van der Waals surface area contributed by atoms with Gasteiger partial charge in [-0.05, 0) is 46.9 Å². The molecule has 5 nitrogen and oxygen atoms in total. The zero-order valence-electron chi connectivity index (χ0n) is 9.84. The van der Waals surface area contributed by atoms with Crippen molar-refractivity contribution in [2.45, 2.75) is 0 Å². The molecule has 0 aliphatic carbocycles. The van der Waals surface area contributed by atoms with Gasteiger partial charge in [-0.3, -0.25) is 15.8 Å². The van der Waals surface area contributed by atoms with Gasteiger partial charge in [0.15, 0.2) is 11.7 Å². The number of nitrogens with zero attached hydrogens (tertiary/aromatic N) is 3. The fourth-order valence-corrected chi connectivity index (χ4v) is 1.98. The van der Waals surface area contributed by atoms with E-state index < -0.39 is 0 Å². The van der Waals surface area contributed by atoms with Crippen LogP contribution in [0.5, 0.6) is 0 Å². The number of amidine groups is 2. The van der Waals surface area contributed by atoms with Gasteiger partial charge in [-0.1, -0.05) is 18.2 Å². The van der Waals surface area contributed by atoms with Crippen LogP contribution in [0.15, 0.2) is 58.9 Å². The van der Waals surface area contributed by atoms with E-state index in [1.54, 1.807) is 6.20 Å². The van der Waals surface area contributed by atoms with Gasteiger partial charge in [0.2, 0.25) is 0 Å². The van der Waals surface area contributed by atoms with Gasteiger partial charge in [0, 0.05) is 15.3 Å². The number of benzene rings is 1. The lowest BCUT2D eigenvalue weighted by Crippen LogP contribution is -2.34. The smallest absolute Gasteiger partial charge is 0.192 e. The summed E-state index contributed by atoms with van der Waals surface area (Å²) in [6.45, 7) is 0. The second-order valence-corrected chi connectivity index (χ2v) is 5.11. The van der Waals surface area contributed by atoms with Crippen LogP contribution < -0.4 is 10.9 Å². The lowest BCUT2D eigenvalue weighted by molar-refractivity contribution is 0.878. The largest absolute Gasteiger partial charge is 0.257 e. The molecule has 0 spiro atoms. The third-order valence-electron chi connectivity index (χ3n) is 2.57. The van der Waals surface area contributed by atoms with E-state index in [0.29, 0.717) is 11.7 Å². The molecule has 19 heavy (non-hydrogen) atoms. The minimum atomic E-state index is 0.606. The zero-order chi connectivity index (χ0) is 13.1. The summed E-state index contributed by atoms with van der Waals surface area (Å²) >= 11 is 2.27. The standard InChI is InChI=1S/C13H10IN5/c14-10-6-4-9(5-7-10)12-16-18-13(19-17-12)11-3-1-2-8-15-11/h1-8H,(H,16,17)(H,18,19). The number of halogens is 1. The van der Waals surface area contributed by atoms with Gasteiger partial charge in [0.1, 0.15) is 5.69 Å². The Bertz CT molecular complexity index is 634. The van der Waals surface area contributed by atoms with Gasteiger partial charge >= 0.3 is 0 Å². The lowest BCUT2D eigenvalue weighted by atomic mass is 10.2. The lowest BCUT2D eigenvalue weighted by Gasteiger charge is -2.14. The molecule has 94 valence electrons. The molecule has 1 aliphatic rings. The fourth-order valence-electron chi connectivity index (χ4n) is 1.62. The van der Waals surface area contributed by atoms with Crippen LogP contribution in [0, 0.1) is 3.57 Å². The Morgan fingerprint density at radius 3 is 2.21 bits per heavy atom. The van der Waals surface area contributed by atoms with Crippen molar-refractivity contribution in [2.75, 3.05) is 0 Å².